The summed E-state index contributed by atoms with van der Waals surface area (Å²) >= 11 is 0. The third-order valence-corrected chi connectivity index (χ3v) is 6.09. The Morgan fingerprint density at radius 2 is 1.59 bits per heavy atom. The Morgan fingerprint density at radius 1 is 0.912 bits per heavy atom. The van der Waals surface area contributed by atoms with Crippen molar-refractivity contribution in [2.24, 2.45) is 5.92 Å². The highest BCUT2D eigenvalue weighted by Gasteiger charge is 2.30. The van der Waals surface area contributed by atoms with E-state index in [0.29, 0.717) is 43.0 Å². The second-order valence-corrected chi connectivity index (χ2v) is 8.28. The van der Waals surface area contributed by atoms with E-state index in [4.69, 9.17) is 0 Å². The first-order valence-corrected chi connectivity index (χ1v) is 11.2. The maximum atomic E-state index is 13.5. The molecule has 2 amide bonds. The zero-order valence-electron chi connectivity index (χ0n) is 18.5. The van der Waals surface area contributed by atoms with Crippen LogP contribution in [-0.2, 0) is 4.79 Å². The smallest absolute Gasteiger partial charge is 0.259 e. The Hall–Kier alpha value is -4.20. The zero-order chi connectivity index (χ0) is 23.5. The molecule has 0 bridgehead atoms. The number of benzene rings is 2. The lowest BCUT2D eigenvalue weighted by atomic mass is 9.95. The van der Waals surface area contributed by atoms with Crippen molar-refractivity contribution in [3.8, 4) is 11.5 Å². The Kier molecular flexibility index (Phi) is 5.95. The van der Waals surface area contributed by atoms with Gasteiger partial charge in [-0.1, -0.05) is 18.2 Å². The van der Waals surface area contributed by atoms with Gasteiger partial charge in [-0.15, -0.1) is 0 Å². The number of aromatic nitrogens is 3. The van der Waals surface area contributed by atoms with Crippen LogP contribution in [0, 0.1) is 11.7 Å². The van der Waals surface area contributed by atoms with Crippen LogP contribution in [0.2, 0.25) is 0 Å². The van der Waals surface area contributed by atoms with Crippen LogP contribution in [-0.4, -0.2) is 44.2 Å². The molecule has 8 heteroatoms. The third-order valence-electron chi connectivity index (χ3n) is 6.09. The van der Waals surface area contributed by atoms with Crippen molar-refractivity contribution >= 4 is 17.5 Å². The van der Waals surface area contributed by atoms with Crippen molar-refractivity contribution < 1.29 is 14.0 Å². The molecule has 0 unspecified atom stereocenters. The number of nitrogens with zero attached hydrogens (tertiary/aromatic N) is 4. The number of carbonyl (C=O) groups is 2. The minimum Gasteiger partial charge on any atom is -0.338 e. The molecule has 4 aromatic rings. The number of hydrogen-bond acceptors (Lipinski definition) is 3. The van der Waals surface area contributed by atoms with E-state index in [1.165, 1.54) is 12.1 Å². The second-order valence-electron chi connectivity index (χ2n) is 8.28. The summed E-state index contributed by atoms with van der Waals surface area (Å²) in [6.07, 6.45) is 6.42. The molecule has 1 fully saturated rings. The normalized spacial score (nSPS) is 14.2. The van der Waals surface area contributed by atoms with Crippen LogP contribution < -0.4 is 5.32 Å². The van der Waals surface area contributed by atoms with E-state index >= 15 is 0 Å². The van der Waals surface area contributed by atoms with E-state index in [2.05, 4.69) is 10.4 Å². The average molecular weight is 458 g/mol. The number of carbonyl (C=O) groups excluding carboxylic acids is 2. The van der Waals surface area contributed by atoms with Crippen LogP contribution >= 0.6 is 0 Å². The molecule has 0 spiro atoms. The Morgan fingerprint density at radius 3 is 2.26 bits per heavy atom. The predicted molar refractivity (Wildman–Crippen MR) is 127 cm³/mol. The molecule has 0 saturated carbocycles. The zero-order valence-corrected chi connectivity index (χ0v) is 18.5. The summed E-state index contributed by atoms with van der Waals surface area (Å²) in [6.45, 7) is 0.969. The first kappa shape index (κ1) is 21.6. The van der Waals surface area contributed by atoms with Crippen molar-refractivity contribution in [1.82, 2.24) is 19.2 Å². The number of amides is 2. The lowest BCUT2D eigenvalue weighted by Crippen LogP contribution is -2.41. The van der Waals surface area contributed by atoms with E-state index < -0.39 is 0 Å². The molecule has 1 N–H and O–H groups in total. The third kappa shape index (κ3) is 4.34. The first-order chi connectivity index (χ1) is 16.6. The molecular weight excluding hydrogens is 433 g/mol. The molecule has 7 nitrogen and oxygen atoms in total. The van der Waals surface area contributed by atoms with Gasteiger partial charge in [-0.2, -0.15) is 5.10 Å². The van der Waals surface area contributed by atoms with Crippen LogP contribution in [0.25, 0.3) is 11.5 Å². The van der Waals surface area contributed by atoms with Crippen LogP contribution in [0.5, 0.6) is 0 Å². The minimum absolute atomic E-state index is 0.0181. The van der Waals surface area contributed by atoms with Gasteiger partial charge in [-0.3, -0.25) is 9.59 Å². The molecule has 1 saturated heterocycles. The number of rotatable bonds is 5. The standard InChI is InChI=1S/C26H24FN5O2/c27-20-8-10-22(11-9-20)32-25(30-14-4-5-15-30)23(18-28-32)26(34)31-16-12-19(13-17-31)24(33)29-21-6-2-1-3-7-21/h1-11,14-15,18-19H,12-13,16-17H2,(H,29,33). The Bertz CT molecular complexity index is 1270. The summed E-state index contributed by atoms with van der Waals surface area (Å²) in [5, 5.41) is 7.39. The first-order valence-electron chi connectivity index (χ1n) is 11.2. The fourth-order valence-corrected chi connectivity index (χ4v) is 4.27. The molecule has 0 radical (unpaired) electrons. The number of hydrogen-bond donors (Lipinski definition) is 1. The highest BCUT2D eigenvalue weighted by molar-refractivity contribution is 5.98. The summed E-state index contributed by atoms with van der Waals surface area (Å²) in [6, 6.07) is 19.1. The summed E-state index contributed by atoms with van der Waals surface area (Å²) < 4.78 is 16.9. The van der Waals surface area contributed by atoms with Crippen molar-refractivity contribution in [2.45, 2.75) is 12.8 Å². The average Bonchev–Trinajstić information content (AvgIpc) is 3.55. The molecule has 5 rings (SSSR count). The Labute approximate surface area is 196 Å². The maximum Gasteiger partial charge on any atom is 0.259 e. The van der Waals surface area contributed by atoms with Gasteiger partial charge in [-0.05, 0) is 61.4 Å². The number of nitrogens with one attached hydrogen (secondary N) is 1. The monoisotopic (exact) mass is 457 g/mol. The number of halogens is 1. The van der Waals surface area contributed by atoms with Gasteiger partial charge in [0.2, 0.25) is 5.91 Å². The quantitative estimate of drug-likeness (QED) is 0.486. The van der Waals surface area contributed by atoms with Gasteiger partial charge in [0.25, 0.3) is 5.91 Å². The van der Waals surface area contributed by atoms with Crippen molar-refractivity contribution in [1.29, 1.82) is 0 Å². The van der Waals surface area contributed by atoms with Gasteiger partial charge in [0.05, 0.1) is 11.9 Å². The van der Waals surface area contributed by atoms with Crippen LogP contribution in [0.1, 0.15) is 23.2 Å². The number of piperidine rings is 1. The molecular formula is C26H24FN5O2. The molecule has 2 aromatic heterocycles. The van der Waals surface area contributed by atoms with E-state index in [9.17, 15) is 14.0 Å². The topological polar surface area (TPSA) is 72.2 Å². The van der Waals surface area contributed by atoms with Gasteiger partial charge < -0.3 is 14.8 Å². The minimum atomic E-state index is -0.339. The van der Waals surface area contributed by atoms with Crippen LogP contribution in [0.4, 0.5) is 10.1 Å². The number of anilines is 1. The van der Waals surface area contributed by atoms with Gasteiger partial charge in [-0.25, -0.2) is 9.07 Å². The molecule has 0 atom stereocenters. The Balaban J connectivity index is 1.33. The largest absolute Gasteiger partial charge is 0.338 e. The molecule has 0 aliphatic carbocycles. The molecule has 1 aliphatic rings. The summed E-state index contributed by atoms with van der Waals surface area (Å²) in [4.78, 5) is 27.9. The van der Waals surface area contributed by atoms with Crippen molar-refractivity contribution in [3.05, 3.63) is 96.7 Å². The molecule has 34 heavy (non-hydrogen) atoms. The highest BCUT2D eigenvalue weighted by Crippen LogP contribution is 2.25. The second kappa shape index (κ2) is 9.35. The summed E-state index contributed by atoms with van der Waals surface area (Å²) in [5.74, 6) is -0.0519. The molecule has 1 aliphatic heterocycles. The molecule has 3 heterocycles. The molecule has 2 aromatic carbocycles. The highest BCUT2D eigenvalue weighted by atomic mass is 19.1. The van der Waals surface area contributed by atoms with Gasteiger partial charge >= 0.3 is 0 Å². The predicted octanol–water partition coefficient (Wildman–Crippen LogP) is 4.29. The van der Waals surface area contributed by atoms with Crippen molar-refractivity contribution in [3.63, 3.8) is 0 Å². The van der Waals surface area contributed by atoms with E-state index in [0.717, 1.165) is 5.69 Å². The van der Waals surface area contributed by atoms with Gasteiger partial charge in [0, 0.05) is 37.1 Å². The summed E-state index contributed by atoms with van der Waals surface area (Å²) in [5.41, 5.74) is 1.88. The fraction of sp³-hybridized carbons (Fsp3) is 0.192. The molecule has 172 valence electrons. The lowest BCUT2D eigenvalue weighted by molar-refractivity contribution is -0.121. The SMILES string of the molecule is O=C(Nc1ccccc1)C1CCN(C(=O)c2cnn(-c3ccc(F)cc3)c2-n2cccc2)CC1. The van der Waals surface area contributed by atoms with Gasteiger partial charge in [0.1, 0.15) is 11.4 Å². The van der Waals surface area contributed by atoms with Crippen molar-refractivity contribution in [2.75, 3.05) is 18.4 Å². The van der Waals surface area contributed by atoms with E-state index in [-0.39, 0.29) is 23.5 Å². The van der Waals surface area contributed by atoms with E-state index in [1.807, 2.05) is 59.4 Å². The number of likely N-dealkylation sites (tertiary alicyclic amines) is 1. The maximum absolute atomic E-state index is 13.5. The lowest BCUT2D eigenvalue weighted by Gasteiger charge is -2.31. The number of para-hydroxylation sites is 1. The van der Waals surface area contributed by atoms with Crippen LogP contribution in [0.3, 0.4) is 0 Å². The van der Waals surface area contributed by atoms with Crippen LogP contribution in [0.15, 0.2) is 85.3 Å². The fourth-order valence-electron chi connectivity index (χ4n) is 4.27. The van der Waals surface area contributed by atoms with E-state index in [1.54, 1.807) is 27.9 Å². The van der Waals surface area contributed by atoms with Gasteiger partial charge in [0.15, 0.2) is 5.82 Å². The summed E-state index contributed by atoms with van der Waals surface area (Å²) in [7, 11) is 0.